The normalized spacial score (nSPS) is 12.8. The van der Waals surface area contributed by atoms with Crippen molar-refractivity contribution in [1.82, 2.24) is 5.32 Å². The molecule has 2 atom stereocenters. The molecule has 0 bridgehead atoms. The highest BCUT2D eigenvalue weighted by molar-refractivity contribution is 7.07. The van der Waals surface area contributed by atoms with Crippen molar-refractivity contribution in [3.8, 4) is 0 Å². The fraction of sp³-hybridized carbons (Fsp3) is 0.182. The van der Waals surface area contributed by atoms with E-state index in [1.807, 2.05) is 22.9 Å². The van der Waals surface area contributed by atoms with Crippen molar-refractivity contribution in [2.75, 3.05) is 0 Å². The Labute approximate surface area is 184 Å². The molecule has 3 rings (SSSR count). The molecule has 0 aliphatic rings. The van der Waals surface area contributed by atoms with Crippen LogP contribution in [0.2, 0.25) is 5.02 Å². The van der Waals surface area contributed by atoms with E-state index in [-0.39, 0.29) is 18.6 Å². The zero-order valence-corrected chi connectivity index (χ0v) is 17.6. The van der Waals surface area contributed by atoms with E-state index in [1.54, 1.807) is 48.5 Å². The van der Waals surface area contributed by atoms with Gasteiger partial charge >= 0.3 is 7.12 Å². The minimum Gasteiger partial charge on any atom is -0.426 e. The molecule has 5 nitrogen and oxygen atoms in total. The molecule has 0 unspecified atom stereocenters. The minimum atomic E-state index is -1.73. The van der Waals surface area contributed by atoms with E-state index in [9.17, 15) is 19.6 Å². The number of carbonyl (C=O) groups excluding carboxylic acids is 2. The second kappa shape index (κ2) is 10.5. The number of Topliss-reactive ketones (excluding diaryl/α,β-unsaturated/α-hetero) is 1. The Morgan fingerprint density at radius 2 is 1.73 bits per heavy atom. The van der Waals surface area contributed by atoms with Gasteiger partial charge in [0.2, 0.25) is 5.91 Å². The van der Waals surface area contributed by atoms with Crippen LogP contribution >= 0.6 is 22.9 Å². The first-order chi connectivity index (χ1) is 14.4. The lowest BCUT2D eigenvalue weighted by Crippen LogP contribution is -2.49. The molecule has 0 saturated carbocycles. The van der Waals surface area contributed by atoms with Gasteiger partial charge in [-0.2, -0.15) is 11.3 Å². The van der Waals surface area contributed by atoms with Gasteiger partial charge in [-0.15, -0.1) is 0 Å². The first kappa shape index (κ1) is 22.2. The first-order valence-electron chi connectivity index (χ1n) is 9.45. The monoisotopic (exact) mass is 441 g/mol. The molecule has 0 saturated heterocycles. The highest BCUT2D eigenvalue weighted by Crippen LogP contribution is 2.24. The summed E-state index contributed by atoms with van der Waals surface area (Å²) in [7, 11) is -1.73. The van der Waals surface area contributed by atoms with Crippen LogP contribution in [0.4, 0.5) is 0 Å². The van der Waals surface area contributed by atoms with Gasteiger partial charge in [-0.1, -0.05) is 54.1 Å². The number of hydrogen-bond acceptors (Lipinski definition) is 5. The summed E-state index contributed by atoms with van der Waals surface area (Å²) in [6.07, 6.45) is 0.219. The van der Waals surface area contributed by atoms with Crippen LogP contribution in [0.3, 0.4) is 0 Å². The third kappa shape index (κ3) is 6.03. The second-order valence-electron chi connectivity index (χ2n) is 6.96. The summed E-state index contributed by atoms with van der Waals surface area (Å²) in [5, 5.41) is 26.5. The summed E-state index contributed by atoms with van der Waals surface area (Å²) in [5.74, 6) is -2.31. The van der Waals surface area contributed by atoms with Crippen LogP contribution in [-0.4, -0.2) is 34.8 Å². The Morgan fingerprint density at radius 3 is 2.33 bits per heavy atom. The van der Waals surface area contributed by atoms with Crippen molar-refractivity contribution in [2.45, 2.75) is 24.7 Å². The van der Waals surface area contributed by atoms with Gasteiger partial charge in [-0.3, -0.25) is 9.59 Å². The lowest BCUT2D eigenvalue weighted by molar-refractivity contribution is -0.123. The van der Waals surface area contributed by atoms with Crippen molar-refractivity contribution in [2.24, 2.45) is 0 Å². The SMILES string of the molecule is O=C(C[C@H](C(=O)N[C@@H](Cc1ccsc1)B(O)O)c1ccc(Cl)cc1)c1ccccc1. The molecule has 3 N–H and O–H groups in total. The minimum absolute atomic E-state index is 0.0514. The Bertz CT molecular complexity index is 965. The molecule has 0 fully saturated rings. The Hall–Kier alpha value is -2.45. The number of thiophene rings is 1. The lowest BCUT2D eigenvalue weighted by Gasteiger charge is -2.22. The van der Waals surface area contributed by atoms with Crippen molar-refractivity contribution >= 4 is 41.7 Å². The zero-order valence-electron chi connectivity index (χ0n) is 16.1. The number of hydrogen-bond donors (Lipinski definition) is 3. The van der Waals surface area contributed by atoms with Crippen LogP contribution in [-0.2, 0) is 11.2 Å². The van der Waals surface area contributed by atoms with Gasteiger partial charge in [0.15, 0.2) is 5.78 Å². The number of rotatable bonds is 9. The van der Waals surface area contributed by atoms with Gasteiger partial charge in [0.25, 0.3) is 0 Å². The topological polar surface area (TPSA) is 86.6 Å². The standard InChI is InChI=1S/C22H21BClNO4S/c24-18-8-6-16(7-9-18)19(13-20(26)17-4-2-1-3-5-17)22(27)25-21(23(28)29)12-15-10-11-30-14-15/h1-11,14,19,21,28-29H,12-13H2,(H,25,27)/t19-,21-/m0/s1. The maximum Gasteiger partial charge on any atom is 0.475 e. The lowest BCUT2D eigenvalue weighted by atomic mass is 9.75. The van der Waals surface area contributed by atoms with Crippen LogP contribution in [0.5, 0.6) is 0 Å². The summed E-state index contributed by atoms with van der Waals surface area (Å²) in [6, 6.07) is 17.4. The molecule has 1 amide bonds. The van der Waals surface area contributed by atoms with Gasteiger partial charge in [-0.25, -0.2) is 0 Å². The Kier molecular flexibility index (Phi) is 7.82. The highest BCUT2D eigenvalue weighted by Gasteiger charge is 2.31. The number of ketones is 1. The molecule has 1 heterocycles. The van der Waals surface area contributed by atoms with Gasteiger partial charge in [-0.05, 0) is 46.5 Å². The Balaban J connectivity index is 1.81. The fourth-order valence-corrected chi connectivity index (χ4v) is 3.97. The summed E-state index contributed by atoms with van der Waals surface area (Å²) in [4.78, 5) is 25.9. The third-order valence-corrected chi connectivity index (χ3v) is 5.78. The largest absolute Gasteiger partial charge is 0.475 e. The predicted molar refractivity (Wildman–Crippen MR) is 120 cm³/mol. The average molecular weight is 442 g/mol. The summed E-state index contributed by atoms with van der Waals surface area (Å²) < 4.78 is 0. The maximum absolute atomic E-state index is 13.1. The van der Waals surface area contributed by atoms with Crippen LogP contribution in [0.1, 0.15) is 33.8 Å². The van der Waals surface area contributed by atoms with Gasteiger partial charge in [0.1, 0.15) is 0 Å². The number of carbonyl (C=O) groups is 2. The van der Waals surface area contributed by atoms with Crippen molar-refractivity contribution in [3.63, 3.8) is 0 Å². The summed E-state index contributed by atoms with van der Waals surface area (Å²) >= 11 is 7.46. The average Bonchev–Trinajstić information content (AvgIpc) is 3.26. The van der Waals surface area contributed by atoms with Gasteiger partial charge < -0.3 is 15.4 Å². The van der Waals surface area contributed by atoms with E-state index < -0.39 is 24.9 Å². The molecule has 154 valence electrons. The molecule has 2 aromatic carbocycles. The molecule has 8 heteroatoms. The number of halogens is 1. The number of amides is 1. The maximum atomic E-state index is 13.1. The van der Waals surface area contributed by atoms with E-state index in [2.05, 4.69) is 5.32 Å². The third-order valence-electron chi connectivity index (χ3n) is 4.80. The molecule has 3 aromatic rings. The van der Waals surface area contributed by atoms with E-state index in [1.165, 1.54) is 11.3 Å². The molecular formula is C22H21BClNO4S. The van der Waals surface area contributed by atoms with Crippen LogP contribution in [0.15, 0.2) is 71.4 Å². The smallest absolute Gasteiger partial charge is 0.426 e. The first-order valence-corrected chi connectivity index (χ1v) is 10.8. The molecule has 0 spiro atoms. The van der Waals surface area contributed by atoms with E-state index in [4.69, 9.17) is 11.6 Å². The predicted octanol–water partition coefficient (Wildman–Crippen LogP) is 3.50. The van der Waals surface area contributed by atoms with Gasteiger partial charge in [0, 0.05) is 17.0 Å². The molecule has 0 radical (unpaired) electrons. The van der Waals surface area contributed by atoms with Crippen molar-refractivity contribution < 1.29 is 19.6 Å². The molecule has 0 aliphatic heterocycles. The number of benzene rings is 2. The molecule has 0 aliphatic carbocycles. The zero-order chi connectivity index (χ0) is 21.5. The Morgan fingerprint density at radius 1 is 1.03 bits per heavy atom. The van der Waals surface area contributed by atoms with Crippen molar-refractivity contribution in [3.05, 3.63) is 93.1 Å². The van der Waals surface area contributed by atoms with E-state index >= 15 is 0 Å². The van der Waals surface area contributed by atoms with E-state index in [0.717, 1.165) is 5.56 Å². The molecule has 30 heavy (non-hydrogen) atoms. The quantitative estimate of drug-likeness (QED) is 0.350. The second-order valence-corrected chi connectivity index (χ2v) is 8.18. The van der Waals surface area contributed by atoms with Crippen LogP contribution < -0.4 is 5.32 Å². The highest BCUT2D eigenvalue weighted by atomic mass is 35.5. The van der Waals surface area contributed by atoms with Gasteiger partial charge in [0.05, 0.1) is 11.9 Å². The number of nitrogens with one attached hydrogen (secondary N) is 1. The van der Waals surface area contributed by atoms with E-state index in [0.29, 0.717) is 16.1 Å². The van der Waals surface area contributed by atoms with Crippen LogP contribution in [0.25, 0.3) is 0 Å². The van der Waals surface area contributed by atoms with Crippen LogP contribution in [0, 0.1) is 0 Å². The molecule has 1 aromatic heterocycles. The summed E-state index contributed by atoms with van der Waals surface area (Å²) in [5.41, 5.74) is 2.03. The van der Waals surface area contributed by atoms with Crippen molar-refractivity contribution in [1.29, 1.82) is 0 Å². The summed E-state index contributed by atoms with van der Waals surface area (Å²) in [6.45, 7) is 0. The molecular weight excluding hydrogens is 421 g/mol. The fourth-order valence-electron chi connectivity index (χ4n) is 3.16.